The number of nitrogens with zero attached hydrogens (tertiary/aromatic N) is 3. The molecule has 2 fully saturated rings. The molecule has 2 saturated heterocycles. The maximum absolute atomic E-state index is 12.3. The molecule has 0 aromatic carbocycles. The van der Waals surface area contributed by atoms with Crippen molar-refractivity contribution >= 4 is 17.7 Å². The number of hydrogen-bond acceptors (Lipinski definition) is 5. The lowest BCUT2D eigenvalue weighted by atomic mass is 10.1. The molecule has 0 bridgehead atoms. The van der Waals surface area contributed by atoms with Crippen LogP contribution in [0, 0.1) is 5.92 Å². The van der Waals surface area contributed by atoms with Gasteiger partial charge in [-0.2, -0.15) is 0 Å². The quantitative estimate of drug-likeness (QED) is 0.657. The van der Waals surface area contributed by atoms with Crippen LogP contribution in [0.5, 0.6) is 0 Å². The average molecular weight is 312 g/mol. The van der Waals surface area contributed by atoms with Gasteiger partial charge in [0.1, 0.15) is 0 Å². The van der Waals surface area contributed by atoms with Gasteiger partial charge in [0.2, 0.25) is 17.7 Å². The second-order valence-corrected chi connectivity index (χ2v) is 5.79. The Morgan fingerprint density at radius 2 is 1.73 bits per heavy atom. The maximum atomic E-state index is 12.3. The van der Waals surface area contributed by atoms with Crippen molar-refractivity contribution in [3.8, 4) is 0 Å². The summed E-state index contributed by atoms with van der Waals surface area (Å²) in [5, 5.41) is 0. The molecule has 0 aromatic rings. The summed E-state index contributed by atoms with van der Waals surface area (Å²) in [5.41, 5.74) is 5.42. The van der Waals surface area contributed by atoms with E-state index in [0.717, 1.165) is 0 Å². The molecule has 0 saturated carbocycles. The Labute approximate surface area is 130 Å². The van der Waals surface area contributed by atoms with E-state index < -0.39 is 11.8 Å². The fraction of sp³-hybridized carbons (Fsp3) is 0.786. The second kappa shape index (κ2) is 7.55. The molecule has 0 aliphatic carbocycles. The highest BCUT2D eigenvalue weighted by Crippen LogP contribution is 2.10. The van der Waals surface area contributed by atoms with Crippen LogP contribution < -0.4 is 5.73 Å². The summed E-state index contributed by atoms with van der Waals surface area (Å²) in [6.07, 6.45) is 0. The molecular formula is C14H24N4O4. The van der Waals surface area contributed by atoms with E-state index in [-0.39, 0.29) is 18.4 Å². The maximum Gasteiger partial charge on any atom is 0.236 e. The van der Waals surface area contributed by atoms with Gasteiger partial charge in [0.25, 0.3) is 0 Å². The third-order valence-corrected chi connectivity index (χ3v) is 4.18. The number of ether oxygens (including phenoxy) is 1. The monoisotopic (exact) mass is 312 g/mol. The van der Waals surface area contributed by atoms with E-state index in [0.29, 0.717) is 52.5 Å². The molecule has 2 heterocycles. The van der Waals surface area contributed by atoms with E-state index in [1.165, 1.54) is 6.92 Å². The fourth-order valence-corrected chi connectivity index (χ4v) is 2.79. The van der Waals surface area contributed by atoms with Gasteiger partial charge in [-0.3, -0.25) is 19.3 Å². The summed E-state index contributed by atoms with van der Waals surface area (Å²) < 4.78 is 5.24. The van der Waals surface area contributed by atoms with Gasteiger partial charge in [-0.1, -0.05) is 0 Å². The van der Waals surface area contributed by atoms with Crippen molar-refractivity contribution in [1.29, 1.82) is 0 Å². The topological polar surface area (TPSA) is 96.2 Å². The van der Waals surface area contributed by atoms with Crippen LogP contribution in [0.25, 0.3) is 0 Å². The summed E-state index contributed by atoms with van der Waals surface area (Å²) in [4.78, 5) is 40.7. The first-order valence-corrected chi connectivity index (χ1v) is 7.60. The fourth-order valence-electron chi connectivity index (χ4n) is 2.79. The highest BCUT2D eigenvalue weighted by Gasteiger charge is 2.29. The standard InChI is InChI=1S/C14H24N4O4/c1-11(19)18-3-2-16(8-12(9-18)14(15)21)10-13(20)17-4-6-22-7-5-17/h12H,2-10H2,1H3,(H2,15,21). The zero-order chi connectivity index (χ0) is 16.1. The van der Waals surface area contributed by atoms with Crippen molar-refractivity contribution in [1.82, 2.24) is 14.7 Å². The summed E-state index contributed by atoms with van der Waals surface area (Å²) in [5.74, 6) is -0.920. The molecule has 0 aromatic heterocycles. The van der Waals surface area contributed by atoms with Crippen LogP contribution in [0.2, 0.25) is 0 Å². The number of carbonyl (C=O) groups excluding carboxylic acids is 3. The number of carbonyl (C=O) groups is 3. The van der Waals surface area contributed by atoms with Gasteiger partial charge >= 0.3 is 0 Å². The zero-order valence-electron chi connectivity index (χ0n) is 13.0. The van der Waals surface area contributed by atoms with Gasteiger partial charge in [0, 0.05) is 46.2 Å². The van der Waals surface area contributed by atoms with Crippen LogP contribution >= 0.6 is 0 Å². The number of hydrogen-bond donors (Lipinski definition) is 1. The number of rotatable bonds is 3. The first kappa shape index (κ1) is 16.7. The molecule has 1 unspecified atom stereocenters. The van der Waals surface area contributed by atoms with Gasteiger partial charge in [-0.05, 0) is 0 Å². The van der Waals surface area contributed by atoms with Crippen molar-refractivity contribution in [2.75, 3.05) is 59.0 Å². The first-order valence-electron chi connectivity index (χ1n) is 7.60. The van der Waals surface area contributed by atoms with Crippen LogP contribution in [0.3, 0.4) is 0 Å². The lowest BCUT2D eigenvalue weighted by Gasteiger charge is -2.30. The van der Waals surface area contributed by atoms with E-state index in [9.17, 15) is 14.4 Å². The molecule has 0 spiro atoms. The molecule has 0 radical (unpaired) electrons. The smallest absolute Gasteiger partial charge is 0.236 e. The lowest BCUT2D eigenvalue weighted by molar-refractivity contribution is -0.137. The molecule has 2 N–H and O–H groups in total. The van der Waals surface area contributed by atoms with E-state index in [1.54, 1.807) is 9.80 Å². The van der Waals surface area contributed by atoms with Gasteiger partial charge < -0.3 is 20.3 Å². The van der Waals surface area contributed by atoms with Crippen LogP contribution in [0.4, 0.5) is 0 Å². The van der Waals surface area contributed by atoms with Crippen molar-refractivity contribution < 1.29 is 19.1 Å². The molecular weight excluding hydrogens is 288 g/mol. The van der Waals surface area contributed by atoms with Gasteiger partial charge in [-0.15, -0.1) is 0 Å². The summed E-state index contributed by atoms with van der Waals surface area (Å²) in [6.45, 7) is 5.87. The molecule has 8 heteroatoms. The van der Waals surface area contributed by atoms with Crippen molar-refractivity contribution in [2.24, 2.45) is 11.7 Å². The highest BCUT2D eigenvalue weighted by atomic mass is 16.5. The van der Waals surface area contributed by atoms with Gasteiger partial charge in [-0.25, -0.2) is 0 Å². The summed E-state index contributed by atoms with van der Waals surface area (Å²) in [6, 6.07) is 0. The van der Waals surface area contributed by atoms with Gasteiger partial charge in [0.05, 0.1) is 25.7 Å². The normalized spacial score (nSPS) is 24.0. The number of primary amides is 1. The Kier molecular flexibility index (Phi) is 5.73. The Morgan fingerprint density at radius 1 is 1.05 bits per heavy atom. The molecule has 2 aliphatic heterocycles. The van der Waals surface area contributed by atoms with E-state index in [2.05, 4.69) is 0 Å². The second-order valence-electron chi connectivity index (χ2n) is 5.79. The summed E-state index contributed by atoms with van der Waals surface area (Å²) >= 11 is 0. The van der Waals surface area contributed by atoms with Gasteiger partial charge in [0.15, 0.2) is 0 Å². The average Bonchev–Trinajstić information content (AvgIpc) is 2.71. The third-order valence-electron chi connectivity index (χ3n) is 4.18. The van der Waals surface area contributed by atoms with E-state index in [1.807, 2.05) is 4.90 Å². The van der Waals surface area contributed by atoms with Crippen molar-refractivity contribution in [3.05, 3.63) is 0 Å². The third kappa shape index (κ3) is 4.41. The Morgan fingerprint density at radius 3 is 2.32 bits per heavy atom. The molecule has 2 rings (SSSR count). The minimum atomic E-state index is -0.441. The molecule has 2 aliphatic rings. The highest BCUT2D eigenvalue weighted by molar-refractivity contribution is 5.80. The Hall–Kier alpha value is -1.67. The van der Waals surface area contributed by atoms with Crippen molar-refractivity contribution in [3.63, 3.8) is 0 Å². The lowest BCUT2D eigenvalue weighted by Crippen LogP contribution is -2.47. The number of morpholine rings is 1. The first-order chi connectivity index (χ1) is 10.5. The minimum absolute atomic E-state index is 0.0304. The number of amides is 3. The van der Waals surface area contributed by atoms with Crippen LogP contribution in [-0.4, -0.2) is 91.4 Å². The Bertz CT molecular complexity index is 437. The SMILES string of the molecule is CC(=O)N1CCN(CC(=O)N2CCOCC2)CC(C(N)=O)C1. The van der Waals surface area contributed by atoms with Crippen LogP contribution in [0.1, 0.15) is 6.92 Å². The molecule has 3 amide bonds. The molecule has 1 atom stereocenters. The zero-order valence-corrected chi connectivity index (χ0v) is 13.0. The Balaban J connectivity index is 1.95. The van der Waals surface area contributed by atoms with E-state index in [4.69, 9.17) is 10.5 Å². The molecule has 124 valence electrons. The van der Waals surface area contributed by atoms with Crippen molar-refractivity contribution in [2.45, 2.75) is 6.92 Å². The summed E-state index contributed by atoms with van der Waals surface area (Å²) in [7, 11) is 0. The largest absolute Gasteiger partial charge is 0.378 e. The molecule has 22 heavy (non-hydrogen) atoms. The van der Waals surface area contributed by atoms with Crippen LogP contribution in [-0.2, 0) is 19.1 Å². The minimum Gasteiger partial charge on any atom is -0.378 e. The predicted molar refractivity (Wildman–Crippen MR) is 78.8 cm³/mol. The predicted octanol–water partition coefficient (Wildman–Crippen LogP) is -1.89. The molecule has 8 nitrogen and oxygen atoms in total. The number of nitrogens with two attached hydrogens (primary N) is 1. The van der Waals surface area contributed by atoms with E-state index >= 15 is 0 Å². The van der Waals surface area contributed by atoms with Crippen LogP contribution in [0.15, 0.2) is 0 Å².